The molecule has 12 heteroatoms. The summed E-state index contributed by atoms with van der Waals surface area (Å²) in [5.41, 5.74) is 4.75. The van der Waals surface area contributed by atoms with Crippen LogP contribution >= 0.6 is 0 Å². The zero-order valence-electron chi connectivity index (χ0n) is 15.9. The zero-order chi connectivity index (χ0) is 22.3. The van der Waals surface area contributed by atoms with Crippen LogP contribution in [0.4, 0.5) is 13.2 Å². The first-order valence-electron chi connectivity index (χ1n) is 8.78. The molecule has 0 aromatic carbocycles. The van der Waals surface area contributed by atoms with E-state index < -0.39 is 33.8 Å². The minimum atomic E-state index is -4.59. The molecule has 0 saturated heterocycles. The van der Waals surface area contributed by atoms with E-state index in [9.17, 15) is 26.4 Å². The Bertz CT molecular complexity index is 1200. The Morgan fingerprint density at radius 2 is 1.93 bits per heavy atom. The molecule has 1 atom stereocenters. The second-order valence-corrected chi connectivity index (χ2v) is 8.24. The summed E-state index contributed by atoms with van der Waals surface area (Å²) in [5, 5.41) is 0.457. The third-order valence-corrected chi connectivity index (χ3v) is 6.03. The van der Waals surface area contributed by atoms with E-state index in [2.05, 4.69) is 14.7 Å². The van der Waals surface area contributed by atoms with Crippen LogP contribution in [0.25, 0.3) is 10.9 Å². The van der Waals surface area contributed by atoms with E-state index in [0.29, 0.717) is 23.1 Å². The summed E-state index contributed by atoms with van der Waals surface area (Å²) < 4.78 is 68.4. The first kappa shape index (κ1) is 21.7. The van der Waals surface area contributed by atoms with Crippen molar-refractivity contribution in [1.82, 2.24) is 19.3 Å². The van der Waals surface area contributed by atoms with Crippen molar-refractivity contribution in [3.05, 3.63) is 53.7 Å². The van der Waals surface area contributed by atoms with Gasteiger partial charge in [-0.3, -0.25) is 9.78 Å². The highest BCUT2D eigenvalue weighted by molar-refractivity contribution is 7.89. The molecule has 0 fully saturated rings. The fourth-order valence-corrected chi connectivity index (χ4v) is 4.25. The molecule has 0 aliphatic carbocycles. The summed E-state index contributed by atoms with van der Waals surface area (Å²) in [7, 11) is -4.02. The Hall–Kier alpha value is -2.99. The molecule has 1 amide bonds. The lowest BCUT2D eigenvalue weighted by molar-refractivity contribution is -0.141. The number of carbonyl (C=O) groups excluding carboxylic acids is 1. The van der Waals surface area contributed by atoms with Gasteiger partial charge in [-0.05, 0) is 38.1 Å². The molecular formula is C18H18F3N5O3S. The number of hydrogen-bond acceptors (Lipinski definition) is 5. The van der Waals surface area contributed by atoms with Crippen molar-refractivity contribution < 1.29 is 26.4 Å². The number of primary amides is 1. The number of pyridine rings is 2. The average Bonchev–Trinajstić information content (AvgIpc) is 3.05. The van der Waals surface area contributed by atoms with Crippen LogP contribution in [0.2, 0.25) is 0 Å². The van der Waals surface area contributed by atoms with E-state index in [1.807, 2.05) is 0 Å². The number of halogens is 3. The van der Waals surface area contributed by atoms with Crippen molar-refractivity contribution in [2.45, 2.75) is 37.5 Å². The summed E-state index contributed by atoms with van der Waals surface area (Å²) in [4.78, 5) is 18.1. The molecular weight excluding hydrogens is 423 g/mol. The van der Waals surface area contributed by atoms with Gasteiger partial charge in [0.25, 0.3) is 5.91 Å². The smallest absolute Gasteiger partial charge is 0.364 e. The van der Waals surface area contributed by atoms with Crippen LogP contribution in [-0.4, -0.2) is 28.9 Å². The molecule has 0 bridgehead atoms. The topological polar surface area (TPSA) is 120 Å². The zero-order valence-corrected chi connectivity index (χ0v) is 16.8. The summed E-state index contributed by atoms with van der Waals surface area (Å²) in [6, 6.07) is 4.14. The number of aryl methyl sites for hydroxylation is 1. The Morgan fingerprint density at radius 1 is 1.23 bits per heavy atom. The lowest BCUT2D eigenvalue weighted by Gasteiger charge is -2.17. The predicted molar refractivity (Wildman–Crippen MR) is 102 cm³/mol. The second kappa shape index (κ2) is 7.69. The number of aromatic nitrogens is 3. The van der Waals surface area contributed by atoms with E-state index in [1.54, 1.807) is 24.5 Å². The highest BCUT2D eigenvalue weighted by Gasteiger charge is 2.33. The van der Waals surface area contributed by atoms with Gasteiger partial charge in [-0.1, -0.05) is 0 Å². The van der Waals surface area contributed by atoms with Crippen molar-refractivity contribution in [3.63, 3.8) is 0 Å². The van der Waals surface area contributed by atoms with Gasteiger partial charge in [0.05, 0.1) is 11.6 Å². The maximum atomic E-state index is 13.0. The number of sulfonamides is 1. The monoisotopic (exact) mass is 441 g/mol. The minimum absolute atomic E-state index is 0.0823. The maximum Gasteiger partial charge on any atom is 0.433 e. The van der Waals surface area contributed by atoms with Gasteiger partial charge in [0.2, 0.25) is 10.0 Å². The molecule has 0 radical (unpaired) electrons. The van der Waals surface area contributed by atoms with E-state index in [4.69, 9.17) is 5.73 Å². The molecule has 0 aliphatic heterocycles. The third kappa shape index (κ3) is 4.14. The highest BCUT2D eigenvalue weighted by atomic mass is 32.2. The van der Waals surface area contributed by atoms with Crippen molar-refractivity contribution in [2.75, 3.05) is 0 Å². The number of hydrogen-bond donors (Lipinski definition) is 2. The van der Waals surface area contributed by atoms with E-state index in [-0.39, 0.29) is 10.6 Å². The fraction of sp³-hybridized carbons (Fsp3) is 0.278. The Balaban J connectivity index is 1.96. The van der Waals surface area contributed by atoms with Crippen molar-refractivity contribution >= 4 is 26.8 Å². The van der Waals surface area contributed by atoms with Crippen LogP contribution < -0.4 is 10.5 Å². The van der Waals surface area contributed by atoms with E-state index in [0.717, 1.165) is 18.5 Å². The SMILES string of the molecule is CCn1c(C(C)NS(=O)(=O)c2ccc(C(N)=O)nc2)cc2cnc(C(F)(F)F)cc21. The van der Waals surface area contributed by atoms with Gasteiger partial charge >= 0.3 is 6.18 Å². The molecule has 0 aliphatic rings. The first-order valence-corrected chi connectivity index (χ1v) is 10.3. The summed E-state index contributed by atoms with van der Waals surface area (Å²) in [5.74, 6) is -0.792. The fourth-order valence-electron chi connectivity index (χ4n) is 3.09. The molecule has 160 valence electrons. The predicted octanol–water partition coefficient (Wildman–Crippen LogP) is 2.61. The van der Waals surface area contributed by atoms with Crippen molar-refractivity contribution in [3.8, 4) is 0 Å². The molecule has 3 aromatic heterocycles. The lowest BCUT2D eigenvalue weighted by Crippen LogP contribution is -2.28. The molecule has 3 N–H and O–H groups in total. The number of nitrogens with one attached hydrogen (secondary N) is 1. The third-order valence-electron chi connectivity index (χ3n) is 4.50. The van der Waals surface area contributed by atoms with Gasteiger partial charge in [-0.2, -0.15) is 13.2 Å². The van der Waals surface area contributed by atoms with E-state index in [1.165, 1.54) is 12.1 Å². The molecule has 3 rings (SSSR count). The Kier molecular flexibility index (Phi) is 5.56. The van der Waals surface area contributed by atoms with Crippen LogP contribution in [-0.2, 0) is 22.7 Å². The first-order chi connectivity index (χ1) is 13.9. The molecule has 1 unspecified atom stereocenters. The lowest BCUT2D eigenvalue weighted by atomic mass is 10.2. The van der Waals surface area contributed by atoms with Crippen LogP contribution in [0.15, 0.2) is 41.6 Å². The van der Waals surface area contributed by atoms with Crippen LogP contribution in [0.3, 0.4) is 0 Å². The summed E-state index contributed by atoms with van der Waals surface area (Å²) >= 11 is 0. The van der Waals surface area contributed by atoms with Crippen molar-refractivity contribution in [2.24, 2.45) is 5.73 Å². The van der Waals surface area contributed by atoms with Gasteiger partial charge in [0.15, 0.2) is 0 Å². The van der Waals surface area contributed by atoms with Gasteiger partial charge in [0.1, 0.15) is 16.3 Å². The largest absolute Gasteiger partial charge is 0.433 e. The van der Waals surface area contributed by atoms with Gasteiger partial charge in [0, 0.05) is 30.0 Å². The number of rotatable bonds is 6. The maximum absolute atomic E-state index is 13.0. The molecule has 0 saturated carbocycles. The van der Waals surface area contributed by atoms with Crippen molar-refractivity contribution in [1.29, 1.82) is 0 Å². The number of amides is 1. The second-order valence-electron chi connectivity index (χ2n) is 6.53. The van der Waals surface area contributed by atoms with Crippen LogP contribution in [0.5, 0.6) is 0 Å². The molecule has 3 heterocycles. The normalized spacial score (nSPS) is 13.5. The van der Waals surface area contributed by atoms with E-state index >= 15 is 0 Å². The van der Waals surface area contributed by atoms with Gasteiger partial charge in [-0.15, -0.1) is 0 Å². The van der Waals surface area contributed by atoms with Gasteiger partial charge in [-0.25, -0.2) is 18.1 Å². The number of nitrogens with two attached hydrogens (primary N) is 1. The Labute approximate surface area is 170 Å². The molecule has 8 nitrogen and oxygen atoms in total. The quantitative estimate of drug-likeness (QED) is 0.609. The standard InChI is InChI=1S/C18H18F3N5O3S/c1-3-26-14(6-11-8-24-16(7-15(11)26)18(19,20)21)10(2)25-30(28,29)12-4-5-13(17(22)27)23-9-12/h4-10,25H,3H2,1-2H3,(H2,22,27). The summed E-state index contributed by atoms with van der Waals surface area (Å²) in [6.07, 6.45) is -2.47. The van der Waals surface area contributed by atoms with Crippen LogP contribution in [0.1, 0.15) is 41.8 Å². The Morgan fingerprint density at radius 3 is 2.47 bits per heavy atom. The highest BCUT2D eigenvalue weighted by Crippen LogP contribution is 2.32. The van der Waals surface area contributed by atoms with Crippen LogP contribution in [0, 0.1) is 0 Å². The average molecular weight is 441 g/mol. The molecule has 3 aromatic rings. The molecule has 30 heavy (non-hydrogen) atoms. The number of fused-ring (bicyclic) bond motifs is 1. The number of nitrogens with zero attached hydrogens (tertiary/aromatic N) is 3. The van der Waals surface area contributed by atoms with Gasteiger partial charge < -0.3 is 10.3 Å². The number of carbonyl (C=O) groups is 1. The number of alkyl halides is 3. The summed E-state index contributed by atoms with van der Waals surface area (Å²) in [6.45, 7) is 3.63. The minimum Gasteiger partial charge on any atom is -0.364 e. The molecule has 0 spiro atoms.